The topological polar surface area (TPSA) is 44.4 Å². The Kier molecular flexibility index (Phi) is 4.64. The lowest BCUT2D eigenvalue weighted by Crippen LogP contribution is -2.47. The summed E-state index contributed by atoms with van der Waals surface area (Å²) < 4.78 is 0. The Balaban J connectivity index is 1.30. The Morgan fingerprint density at radius 3 is 2.60 bits per heavy atom. The number of anilines is 1. The second-order valence-electron chi connectivity index (χ2n) is 6.80. The normalized spacial score (nSPS) is 21.6. The molecule has 1 saturated carbocycles. The zero-order valence-electron chi connectivity index (χ0n) is 14.0. The number of halogens is 1. The van der Waals surface area contributed by atoms with E-state index in [1.807, 2.05) is 53.4 Å². The van der Waals surface area contributed by atoms with Crippen molar-refractivity contribution in [2.24, 2.45) is 0 Å². The minimum atomic E-state index is 0.246. The average Bonchev–Trinajstić information content (AvgIpc) is 3.42. The molecule has 2 fully saturated rings. The van der Waals surface area contributed by atoms with Crippen LogP contribution < -0.4 is 10.6 Å². The van der Waals surface area contributed by atoms with Crippen LogP contribution in [0.25, 0.3) is 0 Å². The van der Waals surface area contributed by atoms with Crippen LogP contribution in [0.4, 0.5) is 5.69 Å². The Labute approximate surface area is 153 Å². The summed E-state index contributed by atoms with van der Waals surface area (Å²) in [7, 11) is 0. The van der Waals surface area contributed by atoms with Crippen molar-refractivity contribution in [1.82, 2.24) is 10.2 Å². The van der Waals surface area contributed by atoms with Gasteiger partial charge >= 0.3 is 0 Å². The number of carbonyl (C=O) groups is 1. The number of carbonyl (C=O) groups excluding carboxylic acids is 1. The van der Waals surface area contributed by atoms with Gasteiger partial charge in [-0.05, 0) is 41.8 Å². The molecule has 130 valence electrons. The number of hydrogen-bond donors (Lipinski definition) is 2. The highest BCUT2D eigenvalue weighted by atomic mass is 35.5. The molecule has 0 aromatic heterocycles. The maximum Gasteiger partial charge on any atom is 0.227 e. The maximum absolute atomic E-state index is 12.5. The molecule has 1 aliphatic carbocycles. The molecule has 5 heteroatoms. The molecular weight excluding hydrogens is 334 g/mol. The average molecular weight is 356 g/mol. The molecule has 0 bridgehead atoms. The van der Waals surface area contributed by atoms with Gasteiger partial charge in [0.15, 0.2) is 0 Å². The molecule has 0 radical (unpaired) electrons. The molecule has 2 aromatic rings. The highest BCUT2D eigenvalue weighted by molar-refractivity contribution is 6.30. The van der Waals surface area contributed by atoms with Gasteiger partial charge in [-0.3, -0.25) is 4.79 Å². The van der Waals surface area contributed by atoms with Gasteiger partial charge in [0.2, 0.25) is 5.91 Å². The quantitative estimate of drug-likeness (QED) is 0.866. The zero-order valence-corrected chi connectivity index (χ0v) is 14.8. The molecular formula is C20H22ClN3O. The molecule has 2 atom stereocenters. The first-order valence-electron chi connectivity index (χ1n) is 8.79. The van der Waals surface area contributed by atoms with E-state index < -0.39 is 0 Å². The van der Waals surface area contributed by atoms with E-state index in [2.05, 4.69) is 10.6 Å². The van der Waals surface area contributed by atoms with Crippen molar-refractivity contribution in [2.45, 2.75) is 31.5 Å². The van der Waals surface area contributed by atoms with Crippen LogP contribution in [0.3, 0.4) is 0 Å². The van der Waals surface area contributed by atoms with Gasteiger partial charge in [-0.1, -0.05) is 35.9 Å². The summed E-state index contributed by atoms with van der Waals surface area (Å²) in [5.41, 5.74) is 3.30. The molecule has 2 aromatic carbocycles. The van der Waals surface area contributed by atoms with Crippen molar-refractivity contribution in [2.75, 3.05) is 18.4 Å². The number of fused-ring (bicyclic) bond motifs is 1. The fourth-order valence-corrected chi connectivity index (χ4v) is 3.54. The van der Waals surface area contributed by atoms with Crippen LogP contribution in [-0.2, 0) is 17.8 Å². The lowest BCUT2D eigenvalue weighted by molar-refractivity contribution is -0.131. The van der Waals surface area contributed by atoms with Gasteiger partial charge in [0.25, 0.3) is 0 Å². The molecule has 2 unspecified atom stereocenters. The molecule has 1 amide bonds. The minimum absolute atomic E-state index is 0.246. The summed E-state index contributed by atoms with van der Waals surface area (Å²) in [6, 6.07) is 16.9. The standard InChI is InChI=1S/C20H22ClN3O/c21-16-5-1-15(2-6-16)13-23-17-7-3-14(4-8-17)11-20(25)24-10-9-22-18-12-19(18)24/h1-8,18-19,22-23H,9-13H2. The molecule has 1 saturated heterocycles. The van der Waals surface area contributed by atoms with Crippen molar-refractivity contribution in [3.05, 3.63) is 64.7 Å². The monoisotopic (exact) mass is 355 g/mol. The van der Waals surface area contributed by atoms with Gasteiger partial charge < -0.3 is 15.5 Å². The van der Waals surface area contributed by atoms with Gasteiger partial charge in [0, 0.05) is 42.4 Å². The smallest absolute Gasteiger partial charge is 0.227 e. The van der Waals surface area contributed by atoms with Crippen molar-refractivity contribution >= 4 is 23.2 Å². The van der Waals surface area contributed by atoms with Crippen LogP contribution in [0.5, 0.6) is 0 Å². The number of rotatable bonds is 5. The van der Waals surface area contributed by atoms with Gasteiger partial charge in [-0.15, -0.1) is 0 Å². The van der Waals surface area contributed by atoms with E-state index in [4.69, 9.17) is 11.6 Å². The SMILES string of the molecule is O=C(Cc1ccc(NCc2ccc(Cl)cc2)cc1)N1CCNC2CC21. The highest BCUT2D eigenvalue weighted by Crippen LogP contribution is 2.31. The third-order valence-electron chi connectivity index (χ3n) is 4.96. The van der Waals surface area contributed by atoms with E-state index in [0.29, 0.717) is 18.5 Å². The van der Waals surface area contributed by atoms with Gasteiger partial charge in [-0.25, -0.2) is 0 Å². The number of piperazine rings is 1. The Morgan fingerprint density at radius 2 is 1.84 bits per heavy atom. The Hall–Kier alpha value is -2.04. The summed E-state index contributed by atoms with van der Waals surface area (Å²) in [4.78, 5) is 14.5. The number of hydrogen-bond acceptors (Lipinski definition) is 3. The third kappa shape index (κ3) is 3.97. The minimum Gasteiger partial charge on any atom is -0.381 e. The highest BCUT2D eigenvalue weighted by Gasteiger charge is 2.45. The van der Waals surface area contributed by atoms with Crippen LogP contribution in [0.2, 0.25) is 5.02 Å². The molecule has 0 spiro atoms. The zero-order chi connectivity index (χ0) is 17.2. The van der Waals surface area contributed by atoms with Crippen molar-refractivity contribution in [3.63, 3.8) is 0 Å². The van der Waals surface area contributed by atoms with E-state index in [1.165, 1.54) is 5.56 Å². The fourth-order valence-electron chi connectivity index (χ4n) is 3.41. The molecule has 25 heavy (non-hydrogen) atoms. The Morgan fingerprint density at radius 1 is 1.12 bits per heavy atom. The first-order chi connectivity index (χ1) is 12.2. The lowest BCUT2D eigenvalue weighted by atomic mass is 10.1. The van der Waals surface area contributed by atoms with Crippen LogP contribution in [0.1, 0.15) is 17.5 Å². The van der Waals surface area contributed by atoms with E-state index in [0.717, 1.165) is 42.3 Å². The summed E-state index contributed by atoms with van der Waals surface area (Å²) in [5, 5.41) is 7.57. The van der Waals surface area contributed by atoms with Crippen LogP contribution >= 0.6 is 11.6 Å². The van der Waals surface area contributed by atoms with E-state index in [1.54, 1.807) is 0 Å². The molecule has 1 aliphatic heterocycles. The third-order valence-corrected chi connectivity index (χ3v) is 5.21. The summed E-state index contributed by atoms with van der Waals surface area (Å²) in [5.74, 6) is 0.246. The van der Waals surface area contributed by atoms with Gasteiger partial charge in [-0.2, -0.15) is 0 Å². The molecule has 2 aliphatic rings. The summed E-state index contributed by atoms with van der Waals surface area (Å²) >= 11 is 5.90. The lowest BCUT2D eigenvalue weighted by Gasteiger charge is -2.27. The van der Waals surface area contributed by atoms with E-state index >= 15 is 0 Å². The number of nitrogens with one attached hydrogen (secondary N) is 2. The fraction of sp³-hybridized carbons (Fsp3) is 0.350. The van der Waals surface area contributed by atoms with Crippen molar-refractivity contribution in [3.8, 4) is 0 Å². The van der Waals surface area contributed by atoms with Crippen LogP contribution in [-0.4, -0.2) is 36.0 Å². The van der Waals surface area contributed by atoms with Gasteiger partial charge in [0.05, 0.1) is 6.42 Å². The first kappa shape index (κ1) is 16.4. The molecule has 4 rings (SSSR count). The van der Waals surface area contributed by atoms with E-state index in [9.17, 15) is 4.79 Å². The van der Waals surface area contributed by atoms with Crippen molar-refractivity contribution < 1.29 is 4.79 Å². The largest absolute Gasteiger partial charge is 0.381 e. The summed E-state index contributed by atoms with van der Waals surface area (Å²) in [6.45, 7) is 2.50. The second kappa shape index (κ2) is 7.06. The molecule has 2 N–H and O–H groups in total. The van der Waals surface area contributed by atoms with E-state index in [-0.39, 0.29) is 5.91 Å². The van der Waals surface area contributed by atoms with Crippen LogP contribution in [0.15, 0.2) is 48.5 Å². The molecule has 4 nitrogen and oxygen atoms in total. The Bertz CT molecular complexity index is 745. The second-order valence-corrected chi connectivity index (χ2v) is 7.24. The predicted molar refractivity (Wildman–Crippen MR) is 101 cm³/mol. The van der Waals surface area contributed by atoms with Crippen LogP contribution in [0, 0.1) is 0 Å². The summed E-state index contributed by atoms with van der Waals surface area (Å²) in [6.07, 6.45) is 1.60. The van der Waals surface area contributed by atoms with Gasteiger partial charge in [0.1, 0.15) is 0 Å². The number of amides is 1. The first-order valence-corrected chi connectivity index (χ1v) is 9.17. The predicted octanol–water partition coefficient (Wildman–Crippen LogP) is 3.07. The number of nitrogens with zero attached hydrogens (tertiary/aromatic N) is 1. The van der Waals surface area contributed by atoms with Crippen molar-refractivity contribution in [1.29, 1.82) is 0 Å². The molecule has 1 heterocycles. The maximum atomic E-state index is 12.5. The number of benzene rings is 2.